The van der Waals surface area contributed by atoms with Gasteiger partial charge < -0.3 is 5.11 Å². The van der Waals surface area contributed by atoms with Crippen molar-refractivity contribution in [3.8, 4) is 0 Å². The van der Waals surface area contributed by atoms with Gasteiger partial charge in [0.2, 0.25) is 0 Å². The molecule has 0 amide bonds. The molecule has 2 saturated heterocycles. The molecule has 2 fully saturated rings. The van der Waals surface area contributed by atoms with E-state index in [9.17, 15) is 9.50 Å². The summed E-state index contributed by atoms with van der Waals surface area (Å²) in [5, 5.41) is 9.58. The number of benzene rings is 1. The van der Waals surface area contributed by atoms with Crippen LogP contribution in [-0.2, 0) is 19.6 Å². The van der Waals surface area contributed by atoms with E-state index in [0.717, 1.165) is 51.3 Å². The van der Waals surface area contributed by atoms with Crippen LogP contribution in [0.3, 0.4) is 0 Å². The highest BCUT2D eigenvalue weighted by Gasteiger charge is 2.27. The van der Waals surface area contributed by atoms with Gasteiger partial charge in [-0.2, -0.15) is 0 Å². The molecular formula is C24H34FN3OS. The Kier molecular flexibility index (Phi) is 7.90. The lowest BCUT2D eigenvalue weighted by Gasteiger charge is -2.41. The van der Waals surface area contributed by atoms with Gasteiger partial charge in [-0.1, -0.05) is 18.6 Å². The normalized spacial score (nSPS) is 21.9. The van der Waals surface area contributed by atoms with E-state index in [1.165, 1.54) is 54.2 Å². The zero-order valence-corrected chi connectivity index (χ0v) is 18.6. The van der Waals surface area contributed by atoms with Gasteiger partial charge in [-0.15, -0.1) is 11.3 Å². The van der Waals surface area contributed by atoms with Crippen LogP contribution >= 0.6 is 11.3 Å². The first-order valence-electron chi connectivity index (χ1n) is 11.3. The smallest absolute Gasteiger partial charge is 0.123 e. The summed E-state index contributed by atoms with van der Waals surface area (Å²) in [6.07, 6.45) is 4.84. The number of thiophene rings is 1. The Hall–Kier alpha value is -1.31. The van der Waals surface area contributed by atoms with Gasteiger partial charge >= 0.3 is 0 Å². The minimum Gasteiger partial charge on any atom is -0.396 e. The lowest BCUT2D eigenvalue weighted by molar-refractivity contribution is 0.0504. The second-order valence-corrected chi connectivity index (χ2v) is 9.96. The summed E-state index contributed by atoms with van der Waals surface area (Å²) in [5.41, 5.74) is 1.13. The Labute approximate surface area is 183 Å². The molecule has 30 heavy (non-hydrogen) atoms. The number of aliphatic hydroxyl groups is 1. The number of piperidine rings is 1. The van der Waals surface area contributed by atoms with E-state index in [-0.39, 0.29) is 12.4 Å². The average molecular weight is 432 g/mol. The molecule has 1 N–H and O–H groups in total. The average Bonchev–Trinajstić information content (AvgIpc) is 3.19. The molecular weight excluding hydrogens is 397 g/mol. The fraction of sp³-hybridized carbons (Fsp3) is 0.583. The quantitative estimate of drug-likeness (QED) is 0.686. The minimum absolute atomic E-state index is 0.189. The van der Waals surface area contributed by atoms with Crippen LogP contribution in [0.2, 0.25) is 0 Å². The van der Waals surface area contributed by atoms with Crippen LogP contribution in [0.25, 0.3) is 0 Å². The second kappa shape index (κ2) is 10.8. The number of halogens is 1. The van der Waals surface area contributed by atoms with Crippen LogP contribution in [0.1, 0.15) is 41.0 Å². The first-order chi connectivity index (χ1) is 14.7. The standard InChI is InChI=1S/C24H34FN3OS/c25-21-6-4-20(5-7-21)16-28-14-13-27(17-22(28)10-15-29)19-24-9-8-23(30-24)18-26-11-2-1-3-12-26/h4-9,22,29H,1-3,10-19H2. The van der Waals surface area contributed by atoms with Crippen molar-refractivity contribution < 1.29 is 9.50 Å². The molecule has 164 valence electrons. The van der Waals surface area contributed by atoms with Crippen molar-refractivity contribution in [3.05, 3.63) is 57.5 Å². The first-order valence-corrected chi connectivity index (χ1v) is 12.1. The third kappa shape index (κ3) is 6.11. The number of rotatable bonds is 8. The molecule has 2 aliphatic rings. The van der Waals surface area contributed by atoms with Crippen LogP contribution in [0, 0.1) is 5.82 Å². The molecule has 1 unspecified atom stereocenters. The molecule has 6 heteroatoms. The van der Waals surface area contributed by atoms with Crippen LogP contribution in [0.5, 0.6) is 0 Å². The molecule has 0 aliphatic carbocycles. The number of nitrogens with zero attached hydrogens (tertiary/aromatic N) is 3. The van der Waals surface area contributed by atoms with E-state index in [4.69, 9.17) is 0 Å². The van der Waals surface area contributed by atoms with Gasteiger partial charge in [-0.3, -0.25) is 14.7 Å². The largest absolute Gasteiger partial charge is 0.396 e. The maximum absolute atomic E-state index is 13.2. The van der Waals surface area contributed by atoms with E-state index in [2.05, 4.69) is 26.8 Å². The van der Waals surface area contributed by atoms with Gasteiger partial charge in [0.25, 0.3) is 0 Å². The fourth-order valence-corrected chi connectivity index (χ4v) is 5.81. The predicted octanol–water partition coefficient (Wildman–Crippen LogP) is 3.94. The van der Waals surface area contributed by atoms with E-state index in [0.29, 0.717) is 6.04 Å². The van der Waals surface area contributed by atoms with E-state index < -0.39 is 0 Å². The minimum atomic E-state index is -0.189. The van der Waals surface area contributed by atoms with Crippen molar-refractivity contribution in [1.29, 1.82) is 0 Å². The Morgan fingerprint density at radius 2 is 1.53 bits per heavy atom. The lowest BCUT2D eigenvalue weighted by atomic mass is 10.1. The number of aliphatic hydroxyl groups excluding tert-OH is 1. The summed E-state index contributed by atoms with van der Waals surface area (Å²) in [5.74, 6) is -0.189. The molecule has 0 saturated carbocycles. The lowest BCUT2D eigenvalue weighted by Crippen LogP contribution is -2.52. The fourth-order valence-electron chi connectivity index (χ4n) is 4.71. The molecule has 2 aliphatic heterocycles. The van der Waals surface area contributed by atoms with Crippen LogP contribution in [0.15, 0.2) is 36.4 Å². The molecule has 2 aromatic rings. The molecule has 1 aromatic heterocycles. The highest BCUT2D eigenvalue weighted by atomic mass is 32.1. The maximum atomic E-state index is 13.2. The highest BCUT2D eigenvalue weighted by molar-refractivity contribution is 7.11. The van der Waals surface area contributed by atoms with Crippen LogP contribution < -0.4 is 0 Å². The Balaban J connectivity index is 1.31. The molecule has 0 spiro atoms. The van der Waals surface area contributed by atoms with Crippen molar-refractivity contribution >= 4 is 11.3 Å². The SMILES string of the molecule is OCCC1CN(Cc2ccc(CN3CCCCC3)s2)CCN1Cc1ccc(F)cc1. The van der Waals surface area contributed by atoms with Crippen molar-refractivity contribution in [1.82, 2.24) is 14.7 Å². The van der Waals surface area contributed by atoms with E-state index >= 15 is 0 Å². The zero-order chi connectivity index (χ0) is 20.8. The van der Waals surface area contributed by atoms with Crippen LogP contribution in [0.4, 0.5) is 4.39 Å². The Bertz CT molecular complexity index is 775. The second-order valence-electron chi connectivity index (χ2n) is 8.70. The number of likely N-dealkylation sites (tertiary alicyclic amines) is 1. The van der Waals surface area contributed by atoms with Gasteiger partial charge in [0.15, 0.2) is 0 Å². The monoisotopic (exact) mass is 431 g/mol. The van der Waals surface area contributed by atoms with Gasteiger partial charge in [0, 0.05) is 61.7 Å². The first kappa shape index (κ1) is 21.9. The summed E-state index contributed by atoms with van der Waals surface area (Å²) >= 11 is 1.96. The van der Waals surface area contributed by atoms with Gasteiger partial charge in [0.05, 0.1) is 0 Å². The predicted molar refractivity (Wildman–Crippen MR) is 121 cm³/mol. The molecule has 0 bridgehead atoms. The zero-order valence-electron chi connectivity index (χ0n) is 17.8. The third-order valence-electron chi connectivity index (χ3n) is 6.37. The molecule has 4 rings (SSSR count). The summed E-state index contributed by atoms with van der Waals surface area (Å²) in [4.78, 5) is 10.5. The number of piperazine rings is 1. The highest BCUT2D eigenvalue weighted by Crippen LogP contribution is 2.24. The van der Waals surface area contributed by atoms with Crippen molar-refractivity contribution in [2.75, 3.05) is 39.3 Å². The summed E-state index contributed by atoms with van der Waals surface area (Å²) < 4.78 is 13.2. The third-order valence-corrected chi connectivity index (χ3v) is 7.43. The Morgan fingerprint density at radius 3 is 2.23 bits per heavy atom. The Morgan fingerprint density at radius 1 is 0.833 bits per heavy atom. The van der Waals surface area contributed by atoms with Crippen LogP contribution in [-0.4, -0.2) is 65.2 Å². The summed E-state index contributed by atoms with van der Waals surface area (Å²) in [6.45, 7) is 8.59. The summed E-state index contributed by atoms with van der Waals surface area (Å²) in [7, 11) is 0. The van der Waals surface area contributed by atoms with E-state index in [1.807, 2.05) is 23.5 Å². The maximum Gasteiger partial charge on any atom is 0.123 e. The number of hydrogen-bond donors (Lipinski definition) is 1. The molecule has 1 aromatic carbocycles. The summed E-state index contributed by atoms with van der Waals surface area (Å²) in [6, 6.07) is 11.7. The van der Waals surface area contributed by atoms with Gasteiger partial charge in [0.1, 0.15) is 5.82 Å². The van der Waals surface area contributed by atoms with Gasteiger partial charge in [-0.25, -0.2) is 4.39 Å². The molecule has 4 nitrogen and oxygen atoms in total. The molecule has 0 radical (unpaired) electrons. The van der Waals surface area contributed by atoms with Gasteiger partial charge in [-0.05, 0) is 62.2 Å². The topological polar surface area (TPSA) is 30.0 Å². The van der Waals surface area contributed by atoms with E-state index in [1.54, 1.807) is 0 Å². The van der Waals surface area contributed by atoms with Crippen molar-refractivity contribution in [3.63, 3.8) is 0 Å². The van der Waals surface area contributed by atoms with Crippen molar-refractivity contribution in [2.24, 2.45) is 0 Å². The molecule has 1 atom stereocenters. The van der Waals surface area contributed by atoms with Crippen molar-refractivity contribution in [2.45, 2.75) is 51.4 Å². The number of hydrogen-bond acceptors (Lipinski definition) is 5. The molecule has 3 heterocycles.